The number of phenolic OH excluding ortho intramolecular Hbond substituents is 1. The van der Waals surface area contributed by atoms with E-state index < -0.39 is 11.7 Å². The summed E-state index contributed by atoms with van der Waals surface area (Å²) in [7, 11) is 4.37. The molecule has 0 aliphatic heterocycles. The van der Waals surface area contributed by atoms with E-state index in [1.165, 1.54) is 34.3 Å². The fourth-order valence-corrected chi connectivity index (χ4v) is 2.67. The number of methoxy groups -OCH3 is 3. The smallest absolute Gasteiger partial charge is 0.180 e. The van der Waals surface area contributed by atoms with Gasteiger partial charge in [-0.3, -0.25) is 9.59 Å². The molecule has 6 heteroatoms. The minimum atomic E-state index is -0.990. The van der Waals surface area contributed by atoms with Crippen molar-refractivity contribution < 1.29 is 28.9 Å². The molecule has 1 unspecified atom stereocenters. The Labute approximate surface area is 152 Å². The molecule has 0 amide bonds. The predicted molar refractivity (Wildman–Crippen MR) is 96.8 cm³/mol. The highest BCUT2D eigenvalue weighted by Crippen LogP contribution is 2.39. The fourth-order valence-electron chi connectivity index (χ4n) is 2.67. The summed E-state index contributed by atoms with van der Waals surface area (Å²) < 4.78 is 15.5. The lowest BCUT2D eigenvalue weighted by molar-refractivity contribution is 0.0817. The Morgan fingerprint density at radius 3 is 2.00 bits per heavy atom. The first-order chi connectivity index (χ1) is 12.3. The van der Waals surface area contributed by atoms with Crippen LogP contribution in [0.5, 0.6) is 23.0 Å². The average Bonchev–Trinajstić information content (AvgIpc) is 2.68. The maximum absolute atomic E-state index is 12.9. The van der Waals surface area contributed by atoms with Crippen LogP contribution in [-0.2, 0) is 0 Å². The number of carbonyl (C=O) groups is 2. The van der Waals surface area contributed by atoms with Crippen LogP contribution in [0.15, 0.2) is 30.3 Å². The Bertz CT molecular complexity index is 823. The third-order valence-electron chi connectivity index (χ3n) is 4.32. The number of ether oxygens (including phenoxy) is 3. The number of aromatic hydroxyl groups is 1. The number of carbonyl (C=O) groups excluding carboxylic acids is 2. The molecule has 1 atom stereocenters. The fraction of sp³-hybridized carbons (Fsp3) is 0.300. The van der Waals surface area contributed by atoms with Crippen LogP contribution >= 0.6 is 0 Å². The standard InChI is InChI=1S/C20H22O6/c1-11-15(25-4)10-16(26-5)17(19(11)22)20(23)12(2)18(21)13-6-8-14(24-3)9-7-13/h6-10,12,22H,1-5H3. The zero-order chi connectivity index (χ0) is 19.4. The van der Waals surface area contributed by atoms with Crippen LogP contribution in [0.2, 0.25) is 0 Å². The van der Waals surface area contributed by atoms with E-state index in [4.69, 9.17) is 14.2 Å². The van der Waals surface area contributed by atoms with Gasteiger partial charge in [0.2, 0.25) is 0 Å². The van der Waals surface area contributed by atoms with Gasteiger partial charge in [-0.05, 0) is 38.1 Å². The number of hydrogen-bond donors (Lipinski definition) is 1. The lowest BCUT2D eigenvalue weighted by Crippen LogP contribution is -2.22. The van der Waals surface area contributed by atoms with E-state index in [-0.39, 0.29) is 22.8 Å². The predicted octanol–water partition coefficient (Wildman–Crippen LogP) is 3.43. The van der Waals surface area contributed by atoms with E-state index in [2.05, 4.69) is 0 Å². The highest BCUT2D eigenvalue weighted by Gasteiger charge is 2.30. The van der Waals surface area contributed by atoms with E-state index in [1.807, 2.05) is 0 Å². The molecule has 0 spiro atoms. The van der Waals surface area contributed by atoms with Gasteiger partial charge in [0.15, 0.2) is 11.6 Å². The quantitative estimate of drug-likeness (QED) is 0.603. The maximum atomic E-state index is 12.9. The van der Waals surface area contributed by atoms with Crippen LogP contribution in [0.3, 0.4) is 0 Å². The Kier molecular flexibility index (Phi) is 5.87. The Morgan fingerprint density at radius 2 is 1.50 bits per heavy atom. The van der Waals surface area contributed by atoms with E-state index >= 15 is 0 Å². The average molecular weight is 358 g/mol. The van der Waals surface area contributed by atoms with Gasteiger partial charge in [-0.25, -0.2) is 0 Å². The zero-order valence-corrected chi connectivity index (χ0v) is 15.5. The minimum Gasteiger partial charge on any atom is -0.507 e. The summed E-state index contributed by atoms with van der Waals surface area (Å²) in [5, 5.41) is 10.5. The molecule has 0 aromatic heterocycles. The highest BCUT2D eigenvalue weighted by atomic mass is 16.5. The summed E-state index contributed by atoms with van der Waals surface area (Å²) in [6, 6.07) is 8.02. The second-order valence-electron chi connectivity index (χ2n) is 5.81. The van der Waals surface area contributed by atoms with Gasteiger partial charge in [0.1, 0.15) is 28.6 Å². The first-order valence-electron chi connectivity index (χ1n) is 8.02. The second kappa shape index (κ2) is 7.91. The van der Waals surface area contributed by atoms with Crippen LogP contribution < -0.4 is 14.2 Å². The first kappa shape index (κ1) is 19.3. The van der Waals surface area contributed by atoms with Crippen molar-refractivity contribution in [1.82, 2.24) is 0 Å². The third-order valence-corrected chi connectivity index (χ3v) is 4.32. The van der Waals surface area contributed by atoms with Crippen LogP contribution in [0, 0.1) is 12.8 Å². The van der Waals surface area contributed by atoms with Crippen molar-refractivity contribution >= 4 is 11.6 Å². The molecule has 0 radical (unpaired) electrons. The molecule has 1 N–H and O–H groups in total. The number of hydrogen-bond acceptors (Lipinski definition) is 6. The van der Waals surface area contributed by atoms with E-state index in [1.54, 1.807) is 31.2 Å². The largest absolute Gasteiger partial charge is 0.507 e. The molecule has 2 rings (SSSR count). The molecule has 0 bridgehead atoms. The molecule has 0 aliphatic carbocycles. The third kappa shape index (κ3) is 3.49. The summed E-state index contributed by atoms with van der Waals surface area (Å²) in [5.74, 6) is -0.949. The van der Waals surface area contributed by atoms with Crippen molar-refractivity contribution in [1.29, 1.82) is 0 Å². The monoisotopic (exact) mass is 358 g/mol. The Hall–Kier alpha value is -3.02. The SMILES string of the molecule is COc1ccc(C(=O)C(C)C(=O)c2c(OC)cc(OC)c(C)c2O)cc1. The van der Waals surface area contributed by atoms with Crippen molar-refractivity contribution in [2.75, 3.05) is 21.3 Å². The van der Waals surface area contributed by atoms with Crippen LogP contribution in [0.1, 0.15) is 33.2 Å². The zero-order valence-electron chi connectivity index (χ0n) is 15.5. The van der Waals surface area contributed by atoms with Gasteiger partial charge in [-0.2, -0.15) is 0 Å². The summed E-state index contributed by atoms with van der Waals surface area (Å²) in [5.41, 5.74) is 0.760. The molecule has 2 aromatic rings. The van der Waals surface area contributed by atoms with Crippen LogP contribution in [0.4, 0.5) is 0 Å². The van der Waals surface area contributed by atoms with Gasteiger partial charge in [-0.1, -0.05) is 0 Å². The number of phenols is 1. The molecule has 6 nitrogen and oxygen atoms in total. The van der Waals surface area contributed by atoms with Crippen molar-refractivity contribution in [3.05, 3.63) is 47.0 Å². The van der Waals surface area contributed by atoms with Crippen molar-refractivity contribution in [2.24, 2.45) is 5.92 Å². The molecule has 138 valence electrons. The minimum absolute atomic E-state index is 0.0276. The molecule has 0 saturated heterocycles. The topological polar surface area (TPSA) is 82.1 Å². The van der Waals surface area contributed by atoms with Gasteiger partial charge in [0.25, 0.3) is 0 Å². The molecule has 26 heavy (non-hydrogen) atoms. The summed E-state index contributed by atoms with van der Waals surface area (Å²) in [4.78, 5) is 25.6. The van der Waals surface area contributed by atoms with E-state index in [0.717, 1.165) is 0 Å². The normalized spacial score (nSPS) is 11.6. The number of benzene rings is 2. The molecular weight excluding hydrogens is 336 g/mol. The number of rotatable bonds is 7. The Morgan fingerprint density at radius 1 is 0.923 bits per heavy atom. The van der Waals surface area contributed by atoms with E-state index in [9.17, 15) is 14.7 Å². The molecular formula is C20H22O6. The van der Waals surface area contributed by atoms with Gasteiger partial charge < -0.3 is 19.3 Å². The second-order valence-corrected chi connectivity index (χ2v) is 5.81. The molecule has 2 aromatic carbocycles. The molecule has 0 heterocycles. The highest BCUT2D eigenvalue weighted by molar-refractivity contribution is 6.17. The van der Waals surface area contributed by atoms with E-state index in [0.29, 0.717) is 22.6 Å². The molecule has 0 aliphatic rings. The summed E-state index contributed by atoms with van der Waals surface area (Å²) >= 11 is 0. The maximum Gasteiger partial charge on any atom is 0.180 e. The van der Waals surface area contributed by atoms with Crippen molar-refractivity contribution in [3.8, 4) is 23.0 Å². The van der Waals surface area contributed by atoms with Crippen molar-refractivity contribution in [2.45, 2.75) is 13.8 Å². The first-order valence-corrected chi connectivity index (χ1v) is 8.02. The lowest BCUT2D eigenvalue weighted by Gasteiger charge is -2.17. The van der Waals surface area contributed by atoms with Gasteiger partial charge in [0, 0.05) is 17.2 Å². The van der Waals surface area contributed by atoms with Crippen LogP contribution in [0.25, 0.3) is 0 Å². The van der Waals surface area contributed by atoms with Gasteiger partial charge in [0.05, 0.1) is 27.2 Å². The molecule has 0 saturated carbocycles. The summed E-state index contributed by atoms with van der Waals surface area (Å²) in [6.45, 7) is 3.13. The number of ketones is 2. The molecule has 0 fully saturated rings. The lowest BCUT2D eigenvalue weighted by atomic mass is 9.89. The Balaban J connectivity index is 2.41. The van der Waals surface area contributed by atoms with Gasteiger partial charge in [-0.15, -0.1) is 0 Å². The van der Waals surface area contributed by atoms with Crippen LogP contribution in [-0.4, -0.2) is 38.0 Å². The number of Topliss-reactive ketones (excluding diaryl/α,β-unsaturated/α-hetero) is 2. The van der Waals surface area contributed by atoms with Gasteiger partial charge >= 0.3 is 0 Å². The van der Waals surface area contributed by atoms with Crippen molar-refractivity contribution in [3.63, 3.8) is 0 Å². The summed E-state index contributed by atoms with van der Waals surface area (Å²) in [6.07, 6.45) is 0.